The molecule has 0 amide bonds. The minimum Gasteiger partial charge on any atom is -0.504 e. The second kappa shape index (κ2) is 2.76. The molecule has 3 heteroatoms. The van der Waals surface area contributed by atoms with Gasteiger partial charge in [-0.15, -0.1) is 0 Å². The van der Waals surface area contributed by atoms with Crippen molar-refractivity contribution in [3.63, 3.8) is 0 Å². The SMILES string of the molecule is CCCC(=O)c1ccc(O)c2c1O2. The van der Waals surface area contributed by atoms with Gasteiger partial charge in [-0.1, -0.05) is 6.92 Å². The molecule has 0 fully saturated rings. The van der Waals surface area contributed by atoms with Crippen LogP contribution < -0.4 is 4.74 Å². The van der Waals surface area contributed by atoms with E-state index in [4.69, 9.17) is 4.74 Å². The van der Waals surface area contributed by atoms with Gasteiger partial charge in [0.05, 0.1) is 5.56 Å². The predicted octanol–water partition coefficient (Wildman–Crippen LogP) is 2.48. The van der Waals surface area contributed by atoms with Gasteiger partial charge in [-0.25, -0.2) is 0 Å². The van der Waals surface area contributed by atoms with Gasteiger partial charge in [0.25, 0.3) is 0 Å². The lowest BCUT2D eigenvalue weighted by molar-refractivity contribution is 0.0981. The minimum absolute atomic E-state index is 0.0799. The number of hydrogen-bond donors (Lipinski definition) is 1. The Morgan fingerprint density at radius 1 is 1.46 bits per heavy atom. The van der Waals surface area contributed by atoms with E-state index in [0.29, 0.717) is 23.5 Å². The smallest absolute Gasteiger partial charge is 0.212 e. The van der Waals surface area contributed by atoms with Crippen LogP contribution in [0.4, 0.5) is 0 Å². The second-order valence-corrected chi connectivity index (χ2v) is 3.07. The molecule has 0 spiro atoms. The molecule has 2 rings (SSSR count). The number of Topliss-reactive ketones (excluding diaryl/α,β-unsaturated/α-hetero) is 1. The van der Waals surface area contributed by atoms with Crippen LogP contribution in [-0.2, 0) is 0 Å². The average Bonchev–Trinajstić information content (AvgIpc) is 2.85. The van der Waals surface area contributed by atoms with Gasteiger partial charge in [-0.05, 0) is 18.6 Å². The van der Waals surface area contributed by atoms with Crippen LogP contribution >= 0.6 is 0 Å². The van der Waals surface area contributed by atoms with Crippen LogP contribution in [-0.4, -0.2) is 10.9 Å². The zero-order chi connectivity index (χ0) is 9.42. The zero-order valence-corrected chi connectivity index (χ0v) is 7.33. The molecule has 3 nitrogen and oxygen atoms in total. The third kappa shape index (κ3) is 1.26. The molecule has 0 radical (unpaired) electrons. The lowest BCUT2D eigenvalue weighted by Crippen LogP contribution is -1.95. The van der Waals surface area contributed by atoms with E-state index in [1.54, 1.807) is 6.07 Å². The van der Waals surface area contributed by atoms with Gasteiger partial charge in [0.15, 0.2) is 17.3 Å². The van der Waals surface area contributed by atoms with Crippen molar-refractivity contribution in [2.24, 2.45) is 0 Å². The van der Waals surface area contributed by atoms with Gasteiger partial charge in [-0.2, -0.15) is 0 Å². The molecular weight excluding hydrogens is 168 g/mol. The van der Waals surface area contributed by atoms with Crippen LogP contribution in [0.3, 0.4) is 0 Å². The van der Waals surface area contributed by atoms with Crippen LogP contribution in [0.2, 0.25) is 0 Å². The van der Waals surface area contributed by atoms with Crippen LogP contribution in [0.25, 0.3) is 0 Å². The first kappa shape index (κ1) is 8.10. The first-order valence-corrected chi connectivity index (χ1v) is 4.31. The number of rotatable bonds is 3. The molecule has 0 saturated heterocycles. The van der Waals surface area contributed by atoms with E-state index in [-0.39, 0.29) is 11.5 Å². The maximum atomic E-state index is 11.4. The standard InChI is InChI=1S/C10H10O3/c1-2-3-7(11)6-4-5-8(12)10-9(6)13-10/h4-5,12H,2-3H2,1H3. The highest BCUT2D eigenvalue weighted by molar-refractivity contribution is 6.01. The summed E-state index contributed by atoms with van der Waals surface area (Å²) < 4.78 is 5.00. The fourth-order valence-corrected chi connectivity index (χ4v) is 1.32. The summed E-state index contributed by atoms with van der Waals surface area (Å²) in [5, 5.41) is 9.17. The molecule has 68 valence electrons. The number of phenolic OH excluding ortho intramolecular Hbond substituents is 1. The number of ether oxygens (including phenoxy) is 1. The fraction of sp³-hybridized carbons (Fsp3) is 0.300. The molecule has 1 heterocycles. The number of hydrogen-bond acceptors (Lipinski definition) is 3. The Morgan fingerprint density at radius 3 is 2.92 bits per heavy atom. The number of fused-ring (bicyclic) bond motifs is 1. The van der Waals surface area contributed by atoms with Crippen molar-refractivity contribution in [1.82, 2.24) is 0 Å². The lowest BCUT2D eigenvalue weighted by Gasteiger charge is -1.94. The van der Waals surface area contributed by atoms with Crippen molar-refractivity contribution in [2.45, 2.75) is 19.8 Å². The van der Waals surface area contributed by atoms with Gasteiger partial charge >= 0.3 is 0 Å². The Morgan fingerprint density at radius 2 is 2.23 bits per heavy atom. The molecule has 0 aliphatic carbocycles. The third-order valence-electron chi connectivity index (χ3n) is 2.03. The van der Waals surface area contributed by atoms with Gasteiger partial charge in [0.1, 0.15) is 0 Å². The van der Waals surface area contributed by atoms with Crippen LogP contribution in [0.1, 0.15) is 30.1 Å². The van der Waals surface area contributed by atoms with Gasteiger partial charge in [0.2, 0.25) is 5.75 Å². The average molecular weight is 178 g/mol. The van der Waals surface area contributed by atoms with Crippen LogP contribution in [0.15, 0.2) is 12.1 Å². The number of ketones is 1. The summed E-state index contributed by atoms with van der Waals surface area (Å²) in [6, 6.07) is 3.11. The zero-order valence-electron chi connectivity index (χ0n) is 7.33. The molecule has 0 aromatic heterocycles. The van der Waals surface area contributed by atoms with E-state index in [1.807, 2.05) is 6.92 Å². The number of phenols is 1. The first-order chi connectivity index (χ1) is 6.24. The Balaban J connectivity index is 2.29. The van der Waals surface area contributed by atoms with Crippen molar-refractivity contribution in [3.8, 4) is 17.2 Å². The van der Waals surface area contributed by atoms with Crippen molar-refractivity contribution >= 4 is 5.78 Å². The molecule has 13 heavy (non-hydrogen) atoms. The molecule has 0 saturated carbocycles. The summed E-state index contributed by atoms with van der Waals surface area (Å²) in [5.74, 6) is 1.21. The maximum Gasteiger partial charge on any atom is 0.212 e. The summed E-state index contributed by atoms with van der Waals surface area (Å²) in [4.78, 5) is 11.4. The van der Waals surface area contributed by atoms with Gasteiger partial charge in [0, 0.05) is 6.42 Å². The largest absolute Gasteiger partial charge is 0.504 e. The van der Waals surface area contributed by atoms with E-state index < -0.39 is 0 Å². The fourth-order valence-electron chi connectivity index (χ4n) is 1.32. The number of carbonyl (C=O) groups excluding carboxylic acids is 1. The number of benzene rings is 1. The summed E-state index contributed by atoms with van der Waals surface area (Å²) in [5.41, 5.74) is 0.592. The summed E-state index contributed by atoms with van der Waals surface area (Å²) in [6.45, 7) is 1.96. The van der Waals surface area contributed by atoms with Crippen molar-refractivity contribution in [2.75, 3.05) is 0 Å². The first-order valence-electron chi connectivity index (χ1n) is 4.31. The van der Waals surface area contributed by atoms with Crippen LogP contribution in [0, 0.1) is 0 Å². The maximum absolute atomic E-state index is 11.4. The normalized spacial score (nSPS) is 11.8. The quantitative estimate of drug-likeness (QED) is 0.580. The minimum atomic E-state index is 0.0799. The third-order valence-corrected chi connectivity index (χ3v) is 2.03. The Labute approximate surface area is 76.0 Å². The van der Waals surface area contributed by atoms with E-state index in [0.717, 1.165) is 6.42 Å². The Hall–Kier alpha value is -1.51. The van der Waals surface area contributed by atoms with E-state index in [2.05, 4.69) is 0 Å². The highest BCUT2D eigenvalue weighted by atomic mass is 16.6. The number of aromatic hydroxyl groups is 1. The highest BCUT2D eigenvalue weighted by Gasteiger charge is 2.31. The molecule has 1 aliphatic rings. The topological polar surface area (TPSA) is 49.8 Å². The number of carbonyl (C=O) groups is 1. The van der Waals surface area contributed by atoms with Crippen molar-refractivity contribution < 1.29 is 14.6 Å². The molecule has 0 unspecified atom stereocenters. The van der Waals surface area contributed by atoms with E-state index >= 15 is 0 Å². The van der Waals surface area contributed by atoms with Gasteiger partial charge < -0.3 is 9.84 Å². The molecule has 0 bridgehead atoms. The summed E-state index contributed by atoms with van der Waals surface area (Å²) >= 11 is 0. The predicted molar refractivity (Wildman–Crippen MR) is 47.4 cm³/mol. The molecule has 1 aromatic rings. The second-order valence-electron chi connectivity index (χ2n) is 3.07. The molecule has 1 N–H and O–H groups in total. The Bertz CT molecular complexity index is 369. The van der Waals surface area contributed by atoms with Crippen molar-refractivity contribution in [1.29, 1.82) is 0 Å². The summed E-state index contributed by atoms with van der Waals surface area (Å²) in [7, 11) is 0. The molecule has 0 atom stereocenters. The molecule has 1 aromatic carbocycles. The molecular formula is C10H10O3. The molecule has 1 aliphatic heterocycles. The monoisotopic (exact) mass is 178 g/mol. The van der Waals surface area contributed by atoms with Gasteiger partial charge in [-0.3, -0.25) is 4.79 Å². The van der Waals surface area contributed by atoms with Crippen LogP contribution in [0.5, 0.6) is 17.2 Å². The van der Waals surface area contributed by atoms with E-state index in [9.17, 15) is 9.90 Å². The summed E-state index contributed by atoms with van der Waals surface area (Å²) in [6.07, 6.45) is 1.36. The van der Waals surface area contributed by atoms with Crippen molar-refractivity contribution in [3.05, 3.63) is 17.7 Å². The lowest BCUT2D eigenvalue weighted by atomic mass is 10.1. The van der Waals surface area contributed by atoms with E-state index in [1.165, 1.54) is 6.07 Å². The Kier molecular flexibility index (Phi) is 1.72. The highest BCUT2D eigenvalue weighted by Crippen LogP contribution is 2.54.